The molecule has 0 unspecified atom stereocenters. The third-order valence-corrected chi connectivity index (χ3v) is 4.59. The van der Waals surface area contributed by atoms with Gasteiger partial charge in [0, 0.05) is 0 Å². The number of rotatable bonds is 4. The van der Waals surface area contributed by atoms with Crippen molar-refractivity contribution >= 4 is 30.5 Å². The summed E-state index contributed by atoms with van der Waals surface area (Å²) in [7, 11) is 1.66. The van der Waals surface area contributed by atoms with Crippen molar-refractivity contribution in [1.29, 1.82) is 0 Å². The summed E-state index contributed by atoms with van der Waals surface area (Å²) in [5, 5.41) is 2.71. The maximum atomic E-state index is 12.3. The van der Waals surface area contributed by atoms with Crippen LogP contribution in [0.2, 0.25) is 17.0 Å². The summed E-state index contributed by atoms with van der Waals surface area (Å²) in [5.41, 5.74) is 0.823. The van der Waals surface area contributed by atoms with E-state index in [0.29, 0.717) is 5.32 Å². The molecule has 2 nitrogen and oxygen atoms in total. The van der Waals surface area contributed by atoms with E-state index in [0.717, 1.165) is 22.1 Å². The van der Waals surface area contributed by atoms with E-state index in [1.54, 1.807) is 7.11 Å². The zero-order chi connectivity index (χ0) is 13.1. The average molecular weight is 308 g/mol. The second kappa shape index (κ2) is 5.55. The van der Waals surface area contributed by atoms with Gasteiger partial charge in [0.2, 0.25) is 0 Å². The number of fused-ring (bicyclic) bond motifs is 1. The molecule has 0 heterocycles. The minimum atomic E-state index is -0.754. The van der Waals surface area contributed by atoms with Crippen LogP contribution in [0.5, 0.6) is 5.75 Å². The van der Waals surface area contributed by atoms with E-state index in [1.165, 1.54) is 0 Å². The predicted molar refractivity (Wildman–Crippen MR) is 77.1 cm³/mol. The van der Waals surface area contributed by atoms with E-state index in [1.807, 2.05) is 36.4 Å². The van der Waals surface area contributed by atoms with E-state index >= 15 is 0 Å². The fourth-order valence-electron chi connectivity index (χ4n) is 2.03. The number of Topliss-reactive ketones (excluding diaryl/α,β-unsaturated/α-hetero) is 1. The summed E-state index contributed by atoms with van der Waals surface area (Å²) in [4.78, 5) is 12.3. The van der Waals surface area contributed by atoms with Gasteiger partial charge in [0.25, 0.3) is 0 Å². The summed E-state index contributed by atoms with van der Waals surface area (Å²) in [6.45, 7) is 0. The number of carbonyl (C=O) groups excluding carboxylic acids is 1. The van der Waals surface area contributed by atoms with E-state index in [-0.39, 0.29) is 5.78 Å². The molecule has 0 spiro atoms. The van der Waals surface area contributed by atoms with Gasteiger partial charge in [-0.3, -0.25) is 0 Å². The molecule has 0 fully saturated rings. The maximum absolute atomic E-state index is 12.3. The Morgan fingerprint density at radius 1 is 1.11 bits per heavy atom. The number of hydrogen-bond donors (Lipinski definition) is 0. The molecule has 18 heavy (non-hydrogen) atoms. The predicted octanol–water partition coefficient (Wildman–Crippen LogP) is 3.79. The molecule has 0 atom stereocenters. The molecule has 95 valence electrons. The van der Waals surface area contributed by atoms with Crippen LogP contribution in [-0.2, 0) is 0 Å². The first-order chi connectivity index (χ1) is 8.63. The first-order valence-electron chi connectivity index (χ1n) is 5.76. The van der Waals surface area contributed by atoms with Crippen LogP contribution in [0.15, 0.2) is 36.4 Å². The fraction of sp³-hybridized carbons (Fsp3) is 0.267. The summed E-state index contributed by atoms with van der Waals surface area (Å²) in [6, 6.07) is 11.7. The van der Waals surface area contributed by atoms with Crippen LogP contribution in [-0.4, -0.2) is 26.8 Å². The van der Waals surface area contributed by atoms with Crippen LogP contribution in [0.1, 0.15) is 10.4 Å². The molecule has 0 bridgehead atoms. The molecule has 0 aliphatic heterocycles. The van der Waals surface area contributed by atoms with E-state index in [2.05, 4.69) is 11.6 Å². The van der Waals surface area contributed by atoms with Gasteiger partial charge in [0.15, 0.2) is 0 Å². The first kappa shape index (κ1) is 13.1. The van der Waals surface area contributed by atoms with Gasteiger partial charge in [-0.25, -0.2) is 0 Å². The van der Waals surface area contributed by atoms with Gasteiger partial charge in [0.05, 0.1) is 0 Å². The van der Waals surface area contributed by atoms with Crippen LogP contribution in [0, 0.1) is 0 Å². The van der Waals surface area contributed by atoms with Crippen molar-refractivity contribution in [2.45, 2.75) is 17.0 Å². The molecule has 0 saturated heterocycles. The van der Waals surface area contributed by atoms with Crippen LogP contribution < -0.4 is 4.74 Å². The molecule has 2 aromatic rings. The normalized spacial score (nSPS) is 10.9. The third kappa shape index (κ3) is 2.58. The Labute approximate surface area is 112 Å². The van der Waals surface area contributed by atoms with Crippen LogP contribution in [0.3, 0.4) is 0 Å². The molecule has 0 aliphatic carbocycles. The SMILES string of the molecule is COc1ccc(C(=O)C[Se](C)C)c2ccccc12. The second-order valence-electron chi connectivity index (χ2n) is 4.41. The first-order valence-corrected chi connectivity index (χ1v) is 10.4. The Kier molecular flexibility index (Phi) is 4.05. The van der Waals surface area contributed by atoms with Crippen molar-refractivity contribution in [1.82, 2.24) is 0 Å². The number of ether oxygens (including phenoxy) is 1. The molecule has 0 aromatic heterocycles. The number of methoxy groups -OCH3 is 1. The standard InChI is InChI=1S/C15H17O2Se/c1-17-15-9-8-12(14(16)10-18(2)3)11-6-4-5-7-13(11)15/h4-9H,10H2,1-3H3. The summed E-state index contributed by atoms with van der Waals surface area (Å²) < 4.78 is 5.34. The molecule has 0 saturated carbocycles. The topological polar surface area (TPSA) is 26.3 Å². The van der Waals surface area contributed by atoms with Gasteiger partial charge < -0.3 is 0 Å². The van der Waals surface area contributed by atoms with Crippen molar-refractivity contribution < 1.29 is 9.53 Å². The van der Waals surface area contributed by atoms with Crippen LogP contribution in [0.4, 0.5) is 0 Å². The fourth-order valence-corrected chi connectivity index (χ4v) is 3.46. The number of hydrogen-bond acceptors (Lipinski definition) is 2. The number of ketones is 1. The van der Waals surface area contributed by atoms with Gasteiger partial charge in [-0.15, -0.1) is 0 Å². The van der Waals surface area contributed by atoms with Gasteiger partial charge in [-0.1, -0.05) is 0 Å². The Hall–Kier alpha value is -1.31. The van der Waals surface area contributed by atoms with E-state index in [9.17, 15) is 4.79 Å². The van der Waals surface area contributed by atoms with Gasteiger partial charge in [0.1, 0.15) is 0 Å². The summed E-state index contributed by atoms with van der Waals surface area (Å²) in [6.07, 6.45) is 0. The van der Waals surface area contributed by atoms with Gasteiger partial charge in [-0.2, -0.15) is 0 Å². The molecule has 0 amide bonds. The molecule has 2 aromatic carbocycles. The Bertz CT molecular complexity index is 576. The molecular formula is C15H17O2Se. The van der Waals surface area contributed by atoms with Crippen molar-refractivity contribution in [3.8, 4) is 5.75 Å². The molecule has 0 N–H and O–H groups in total. The summed E-state index contributed by atoms with van der Waals surface area (Å²) >= 11 is -0.754. The number of carbonyl (C=O) groups is 1. The minimum absolute atomic E-state index is 0.254. The molecule has 1 radical (unpaired) electrons. The monoisotopic (exact) mass is 309 g/mol. The zero-order valence-electron chi connectivity index (χ0n) is 10.9. The van der Waals surface area contributed by atoms with Crippen molar-refractivity contribution in [3.05, 3.63) is 42.0 Å². The zero-order valence-corrected chi connectivity index (χ0v) is 12.6. The Morgan fingerprint density at radius 2 is 1.78 bits per heavy atom. The van der Waals surface area contributed by atoms with Crippen molar-refractivity contribution in [3.63, 3.8) is 0 Å². The molecule has 2 rings (SSSR count). The van der Waals surface area contributed by atoms with Crippen LogP contribution in [0.25, 0.3) is 10.8 Å². The van der Waals surface area contributed by atoms with Gasteiger partial charge in [-0.05, 0) is 0 Å². The quantitative estimate of drug-likeness (QED) is 0.634. The molecule has 3 heteroatoms. The molecule has 0 aliphatic rings. The molecular weight excluding hydrogens is 291 g/mol. The van der Waals surface area contributed by atoms with E-state index < -0.39 is 13.9 Å². The van der Waals surface area contributed by atoms with Crippen molar-refractivity contribution in [2.24, 2.45) is 0 Å². The Balaban J connectivity index is 2.56. The number of benzene rings is 2. The Morgan fingerprint density at radius 3 is 2.39 bits per heavy atom. The third-order valence-electron chi connectivity index (χ3n) is 2.82. The van der Waals surface area contributed by atoms with Gasteiger partial charge >= 0.3 is 112 Å². The average Bonchev–Trinajstić information content (AvgIpc) is 2.36. The van der Waals surface area contributed by atoms with Crippen LogP contribution >= 0.6 is 0 Å². The summed E-state index contributed by atoms with van der Waals surface area (Å²) in [5.74, 6) is 5.44. The second-order valence-corrected chi connectivity index (χ2v) is 9.16. The van der Waals surface area contributed by atoms with E-state index in [4.69, 9.17) is 4.74 Å². The van der Waals surface area contributed by atoms with Crippen molar-refractivity contribution in [2.75, 3.05) is 7.11 Å².